The van der Waals surface area contributed by atoms with Gasteiger partial charge in [-0.3, -0.25) is 0 Å². The predicted molar refractivity (Wildman–Crippen MR) is 73.5 cm³/mol. The van der Waals surface area contributed by atoms with Gasteiger partial charge in [0.15, 0.2) is 0 Å². The molecule has 94 valence electrons. The average molecular weight is 233 g/mol. The normalized spacial score (nSPS) is 11.3. The number of ketones is 1. The van der Waals surface area contributed by atoms with Gasteiger partial charge < -0.3 is 10.1 Å². The highest BCUT2D eigenvalue weighted by Crippen LogP contribution is 2.23. The predicted octanol–water partition coefficient (Wildman–Crippen LogP) is 3.77. The molecule has 0 radical (unpaired) electrons. The van der Waals surface area contributed by atoms with E-state index in [0.717, 1.165) is 18.7 Å². The third-order valence-corrected chi connectivity index (χ3v) is 2.79. The number of hydrogen-bond acceptors (Lipinski definition) is 2. The fourth-order valence-electron chi connectivity index (χ4n) is 1.66. The molecule has 0 spiro atoms. The number of nitrogens with one attached hydrogen (secondary N) is 1. The van der Waals surface area contributed by atoms with E-state index in [1.807, 2.05) is 0 Å². The van der Waals surface area contributed by atoms with Crippen LogP contribution in [0.4, 0.5) is 5.69 Å². The maximum Gasteiger partial charge on any atom is 0.129 e. The Labute approximate surface area is 104 Å². The number of benzene rings is 1. The van der Waals surface area contributed by atoms with Crippen molar-refractivity contribution in [2.24, 2.45) is 0 Å². The van der Waals surface area contributed by atoms with Gasteiger partial charge >= 0.3 is 0 Å². The van der Waals surface area contributed by atoms with E-state index in [4.69, 9.17) is 0 Å². The molecule has 0 amide bonds. The minimum atomic E-state index is 0.202. The van der Waals surface area contributed by atoms with Crippen molar-refractivity contribution in [1.29, 1.82) is 0 Å². The molecule has 0 heterocycles. The van der Waals surface area contributed by atoms with Crippen molar-refractivity contribution in [3.8, 4) is 0 Å². The second-order valence-electron chi connectivity index (χ2n) is 5.56. The fourth-order valence-corrected chi connectivity index (χ4v) is 1.66. The van der Waals surface area contributed by atoms with Crippen molar-refractivity contribution < 1.29 is 4.79 Å². The number of hydrogen-bond donors (Lipinski definition) is 1. The minimum Gasteiger partial charge on any atom is -0.385 e. The van der Waals surface area contributed by atoms with Gasteiger partial charge in [0.05, 0.1) is 0 Å². The Balaban J connectivity index is 2.43. The Morgan fingerprint density at radius 1 is 1.18 bits per heavy atom. The zero-order chi connectivity index (χ0) is 12.9. The molecule has 0 saturated heterocycles. The van der Waals surface area contributed by atoms with Crippen LogP contribution < -0.4 is 5.32 Å². The molecule has 0 aliphatic carbocycles. The first kappa shape index (κ1) is 13.8. The maximum absolute atomic E-state index is 10.8. The zero-order valence-corrected chi connectivity index (χ0v) is 11.3. The summed E-state index contributed by atoms with van der Waals surface area (Å²) in [6.45, 7) is 9.12. The van der Waals surface area contributed by atoms with Crippen molar-refractivity contribution in [2.75, 3.05) is 11.9 Å². The van der Waals surface area contributed by atoms with Crippen molar-refractivity contribution in [2.45, 2.75) is 46.0 Å². The lowest BCUT2D eigenvalue weighted by atomic mass is 9.87. The smallest absolute Gasteiger partial charge is 0.129 e. The summed E-state index contributed by atoms with van der Waals surface area (Å²) in [5.74, 6) is 0.259. The average Bonchev–Trinajstić information content (AvgIpc) is 2.23. The highest BCUT2D eigenvalue weighted by atomic mass is 16.1. The van der Waals surface area contributed by atoms with Crippen LogP contribution in [-0.2, 0) is 10.2 Å². The lowest BCUT2D eigenvalue weighted by Crippen LogP contribution is -2.11. The topological polar surface area (TPSA) is 29.1 Å². The molecule has 1 N–H and O–H groups in total. The summed E-state index contributed by atoms with van der Waals surface area (Å²) in [5.41, 5.74) is 2.67. The molecule has 0 bridgehead atoms. The van der Waals surface area contributed by atoms with Gasteiger partial charge in [-0.2, -0.15) is 0 Å². The van der Waals surface area contributed by atoms with E-state index in [1.54, 1.807) is 6.92 Å². The van der Waals surface area contributed by atoms with Crippen molar-refractivity contribution in [3.05, 3.63) is 29.8 Å². The van der Waals surface area contributed by atoms with Gasteiger partial charge in [-0.05, 0) is 36.5 Å². The highest BCUT2D eigenvalue weighted by molar-refractivity contribution is 5.75. The summed E-state index contributed by atoms with van der Waals surface area (Å²) in [7, 11) is 0. The van der Waals surface area contributed by atoms with E-state index < -0.39 is 0 Å². The summed E-state index contributed by atoms with van der Waals surface area (Å²) in [4.78, 5) is 10.8. The molecular formula is C15H23NO. The molecule has 0 aliphatic rings. The Hall–Kier alpha value is -1.31. The molecule has 2 heteroatoms. The van der Waals surface area contributed by atoms with E-state index in [9.17, 15) is 4.79 Å². The van der Waals surface area contributed by atoms with Gasteiger partial charge in [-0.25, -0.2) is 0 Å². The second-order valence-corrected chi connectivity index (χ2v) is 5.56. The van der Waals surface area contributed by atoms with Crippen LogP contribution in [0.1, 0.15) is 46.1 Å². The SMILES string of the molecule is CC(=O)CCCNc1ccc(C(C)(C)C)cc1. The number of Topliss-reactive ketones (excluding diaryl/α,β-unsaturated/α-hetero) is 1. The molecule has 0 fully saturated rings. The van der Waals surface area contributed by atoms with E-state index in [2.05, 4.69) is 50.4 Å². The van der Waals surface area contributed by atoms with Crippen molar-refractivity contribution in [3.63, 3.8) is 0 Å². The summed E-state index contributed by atoms with van der Waals surface area (Å²) < 4.78 is 0. The van der Waals surface area contributed by atoms with Gasteiger partial charge in [-0.15, -0.1) is 0 Å². The van der Waals surface area contributed by atoms with Crippen LogP contribution in [-0.4, -0.2) is 12.3 Å². The Bertz CT molecular complexity index is 360. The van der Waals surface area contributed by atoms with Gasteiger partial charge in [0.2, 0.25) is 0 Å². The van der Waals surface area contributed by atoms with Crippen LogP contribution >= 0.6 is 0 Å². The van der Waals surface area contributed by atoms with Crippen LogP contribution in [0.15, 0.2) is 24.3 Å². The second kappa shape index (κ2) is 5.85. The van der Waals surface area contributed by atoms with E-state index in [1.165, 1.54) is 5.56 Å². The number of rotatable bonds is 5. The first-order valence-corrected chi connectivity index (χ1v) is 6.23. The third-order valence-electron chi connectivity index (χ3n) is 2.79. The number of carbonyl (C=O) groups is 1. The summed E-state index contributed by atoms with van der Waals surface area (Å²) in [6, 6.07) is 8.53. The lowest BCUT2D eigenvalue weighted by Gasteiger charge is -2.19. The van der Waals surface area contributed by atoms with Crippen LogP contribution in [0, 0.1) is 0 Å². The fraction of sp³-hybridized carbons (Fsp3) is 0.533. The molecule has 1 aromatic carbocycles. The summed E-state index contributed by atoms with van der Waals surface area (Å²) >= 11 is 0. The van der Waals surface area contributed by atoms with E-state index in [0.29, 0.717) is 6.42 Å². The van der Waals surface area contributed by atoms with Crippen LogP contribution in [0.3, 0.4) is 0 Å². The summed E-state index contributed by atoms with van der Waals surface area (Å²) in [6.07, 6.45) is 1.56. The van der Waals surface area contributed by atoms with Gasteiger partial charge in [-0.1, -0.05) is 32.9 Å². The zero-order valence-electron chi connectivity index (χ0n) is 11.3. The Morgan fingerprint density at radius 3 is 2.24 bits per heavy atom. The molecular weight excluding hydrogens is 210 g/mol. The Kier molecular flexibility index (Phi) is 4.73. The lowest BCUT2D eigenvalue weighted by molar-refractivity contribution is -0.117. The van der Waals surface area contributed by atoms with Gasteiger partial charge in [0.1, 0.15) is 5.78 Å². The van der Waals surface area contributed by atoms with Crippen LogP contribution in [0.5, 0.6) is 0 Å². The Morgan fingerprint density at radius 2 is 1.76 bits per heavy atom. The van der Waals surface area contributed by atoms with E-state index >= 15 is 0 Å². The monoisotopic (exact) mass is 233 g/mol. The maximum atomic E-state index is 10.8. The molecule has 17 heavy (non-hydrogen) atoms. The quantitative estimate of drug-likeness (QED) is 0.784. The molecule has 0 aliphatic heterocycles. The van der Waals surface area contributed by atoms with Crippen LogP contribution in [0.25, 0.3) is 0 Å². The minimum absolute atomic E-state index is 0.202. The molecule has 1 rings (SSSR count). The van der Waals surface area contributed by atoms with Gasteiger partial charge in [0, 0.05) is 18.7 Å². The number of carbonyl (C=O) groups excluding carboxylic acids is 1. The molecule has 0 saturated carbocycles. The van der Waals surface area contributed by atoms with E-state index in [-0.39, 0.29) is 11.2 Å². The van der Waals surface area contributed by atoms with Gasteiger partial charge in [0.25, 0.3) is 0 Å². The first-order valence-electron chi connectivity index (χ1n) is 6.23. The van der Waals surface area contributed by atoms with Crippen LogP contribution in [0.2, 0.25) is 0 Å². The standard InChI is InChI=1S/C15H23NO/c1-12(17)6-5-11-16-14-9-7-13(8-10-14)15(2,3)4/h7-10,16H,5-6,11H2,1-4H3. The molecule has 0 atom stereocenters. The molecule has 1 aromatic rings. The number of anilines is 1. The van der Waals surface area contributed by atoms with Crippen molar-refractivity contribution in [1.82, 2.24) is 0 Å². The summed E-state index contributed by atoms with van der Waals surface area (Å²) in [5, 5.41) is 3.33. The molecule has 2 nitrogen and oxygen atoms in total. The largest absolute Gasteiger partial charge is 0.385 e. The highest BCUT2D eigenvalue weighted by Gasteiger charge is 2.12. The van der Waals surface area contributed by atoms with Crippen molar-refractivity contribution >= 4 is 11.5 Å². The molecule has 0 aromatic heterocycles. The first-order chi connectivity index (χ1) is 7.89. The third kappa shape index (κ3) is 5.03. The molecule has 0 unspecified atom stereocenters.